The fourth-order valence-corrected chi connectivity index (χ4v) is 4.56. The van der Waals surface area contributed by atoms with E-state index in [2.05, 4.69) is 59.8 Å². The van der Waals surface area contributed by atoms with Crippen LogP contribution in [0.2, 0.25) is 0 Å². The summed E-state index contributed by atoms with van der Waals surface area (Å²) in [5, 5.41) is 3.60. The fourth-order valence-electron chi connectivity index (χ4n) is 4.56. The number of dihydropyridines is 3. The summed E-state index contributed by atoms with van der Waals surface area (Å²) in [6.07, 6.45) is 12.7. The Kier molecular flexibility index (Phi) is 2.76. The first-order chi connectivity index (χ1) is 11.7. The second-order valence-electron chi connectivity index (χ2n) is 7.00. The zero-order valence-electron chi connectivity index (χ0n) is 14.1. The summed E-state index contributed by atoms with van der Waals surface area (Å²) in [4.78, 5) is 14.2. The average molecular weight is 316 g/mol. The van der Waals surface area contributed by atoms with Gasteiger partial charge in [-0.3, -0.25) is 15.0 Å². The Morgan fingerprint density at radius 3 is 2.88 bits per heavy atom. The van der Waals surface area contributed by atoms with Crippen molar-refractivity contribution < 1.29 is 0 Å². The summed E-state index contributed by atoms with van der Waals surface area (Å²) in [6.45, 7) is 5.90. The first-order valence-corrected chi connectivity index (χ1v) is 8.62. The van der Waals surface area contributed by atoms with E-state index in [4.69, 9.17) is 4.99 Å². The van der Waals surface area contributed by atoms with Crippen molar-refractivity contribution >= 4 is 18.1 Å². The summed E-state index contributed by atoms with van der Waals surface area (Å²) in [7, 11) is 0. The van der Waals surface area contributed by atoms with Crippen molar-refractivity contribution in [2.75, 3.05) is 13.1 Å². The van der Waals surface area contributed by atoms with Crippen LogP contribution in [-0.2, 0) is 0 Å². The van der Waals surface area contributed by atoms with E-state index >= 15 is 0 Å². The summed E-state index contributed by atoms with van der Waals surface area (Å²) in [5.74, 6) is 0. The molecule has 120 valence electrons. The van der Waals surface area contributed by atoms with E-state index < -0.39 is 0 Å². The van der Waals surface area contributed by atoms with Crippen LogP contribution in [0.25, 0.3) is 0 Å². The number of hydrogen-bond donors (Lipinski definition) is 1. The van der Waals surface area contributed by atoms with Crippen LogP contribution in [0.3, 0.4) is 0 Å². The minimum absolute atomic E-state index is 0.125. The molecule has 0 amide bonds. The Hall–Kier alpha value is -2.49. The molecule has 1 atom stereocenters. The lowest BCUT2D eigenvalue weighted by Gasteiger charge is -2.47. The van der Waals surface area contributed by atoms with Gasteiger partial charge in [0, 0.05) is 48.1 Å². The van der Waals surface area contributed by atoms with E-state index in [1.807, 2.05) is 0 Å². The first kappa shape index (κ1) is 13.9. The maximum atomic E-state index is 5.04. The van der Waals surface area contributed by atoms with Crippen molar-refractivity contribution in [1.82, 2.24) is 5.32 Å². The Morgan fingerprint density at radius 1 is 1.08 bits per heavy atom. The van der Waals surface area contributed by atoms with Crippen molar-refractivity contribution in [3.05, 3.63) is 57.6 Å². The van der Waals surface area contributed by atoms with E-state index in [1.165, 1.54) is 28.0 Å². The summed E-state index contributed by atoms with van der Waals surface area (Å²) in [5.41, 5.74) is 9.71. The smallest absolute Gasteiger partial charge is 0.0795 e. The number of nitrogens with one attached hydrogen (secondary N) is 1. The number of allylic oxidation sites excluding steroid dienone is 6. The van der Waals surface area contributed by atoms with Gasteiger partial charge in [-0.15, -0.1) is 0 Å². The molecule has 1 unspecified atom stereocenters. The molecule has 4 nitrogen and oxygen atoms in total. The van der Waals surface area contributed by atoms with Gasteiger partial charge in [0.05, 0.1) is 16.8 Å². The molecule has 0 saturated carbocycles. The Bertz CT molecular complexity index is 902. The van der Waals surface area contributed by atoms with Crippen LogP contribution >= 0.6 is 0 Å². The second kappa shape index (κ2) is 4.76. The highest BCUT2D eigenvalue weighted by Gasteiger charge is 2.50. The molecule has 1 N–H and O–H groups in total. The highest BCUT2D eigenvalue weighted by atomic mass is 15.0. The van der Waals surface area contributed by atoms with E-state index in [9.17, 15) is 0 Å². The molecule has 0 radical (unpaired) electrons. The topological polar surface area (TPSA) is 49.1 Å². The maximum absolute atomic E-state index is 5.04. The van der Waals surface area contributed by atoms with Crippen molar-refractivity contribution in [3.63, 3.8) is 0 Å². The summed E-state index contributed by atoms with van der Waals surface area (Å²) in [6, 6.07) is 0. The van der Waals surface area contributed by atoms with Crippen molar-refractivity contribution in [3.8, 4) is 0 Å². The van der Waals surface area contributed by atoms with E-state index in [1.54, 1.807) is 0 Å². The van der Waals surface area contributed by atoms with Crippen LogP contribution in [0.15, 0.2) is 72.6 Å². The largest absolute Gasteiger partial charge is 0.357 e. The molecule has 5 aliphatic rings. The van der Waals surface area contributed by atoms with Gasteiger partial charge in [-0.2, -0.15) is 0 Å². The number of fused-ring (bicyclic) bond motifs is 2. The highest BCUT2D eigenvalue weighted by molar-refractivity contribution is 6.04. The lowest BCUT2D eigenvalue weighted by Crippen LogP contribution is -2.42. The van der Waals surface area contributed by atoms with Gasteiger partial charge in [-0.1, -0.05) is 6.08 Å². The molecule has 24 heavy (non-hydrogen) atoms. The molecule has 5 rings (SSSR count). The summed E-state index contributed by atoms with van der Waals surface area (Å²) >= 11 is 0. The van der Waals surface area contributed by atoms with Gasteiger partial charge in [-0.05, 0) is 50.0 Å². The Balaban J connectivity index is 1.87. The van der Waals surface area contributed by atoms with Crippen LogP contribution in [0.5, 0.6) is 0 Å². The Labute approximate surface area is 141 Å². The molecule has 0 saturated heterocycles. The molecule has 1 aliphatic carbocycles. The zero-order chi connectivity index (χ0) is 16.3. The van der Waals surface area contributed by atoms with Crippen LogP contribution < -0.4 is 5.32 Å². The molecule has 4 heteroatoms. The van der Waals surface area contributed by atoms with Gasteiger partial charge in [0.1, 0.15) is 0 Å². The predicted octanol–water partition coefficient (Wildman–Crippen LogP) is 3.28. The molecular weight excluding hydrogens is 296 g/mol. The minimum atomic E-state index is -0.125. The SMILES string of the molecule is CC1=CC=C2C3=C(CCN=C3)C34CCN=CC3=CC(C)=NC4=C2N1. The molecule has 4 aliphatic heterocycles. The molecule has 0 bridgehead atoms. The molecule has 0 aromatic heterocycles. The maximum Gasteiger partial charge on any atom is 0.0795 e. The third kappa shape index (κ3) is 1.66. The van der Waals surface area contributed by atoms with Gasteiger partial charge in [0.2, 0.25) is 0 Å². The van der Waals surface area contributed by atoms with Crippen molar-refractivity contribution in [2.24, 2.45) is 20.4 Å². The van der Waals surface area contributed by atoms with E-state index in [0.29, 0.717) is 0 Å². The number of hydrogen-bond acceptors (Lipinski definition) is 4. The zero-order valence-corrected chi connectivity index (χ0v) is 14.1. The molecule has 1 spiro atoms. The molecular formula is C20H20N4. The quantitative estimate of drug-likeness (QED) is 0.732. The molecule has 0 aromatic rings. The normalized spacial score (nSPS) is 30.2. The fraction of sp³-hybridized carbons (Fsp3) is 0.350. The third-order valence-electron chi connectivity index (χ3n) is 5.57. The molecule has 0 fully saturated rings. The summed E-state index contributed by atoms with van der Waals surface area (Å²) < 4.78 is 0. The number of rotatable bonds is 0. The lowest BCUT2D eigenvalue weighted by molar-refractivity contribution is 0.443. The second-order valence-corrected chi connectivity index (χ2v) is 7.00. The lowest BCUT2D eigenvalue weighted by atomic mass is 9.60. The standard InChI is InChI=1S/C20H20N4/c1-12-3-4-15-16-11-21-7-5-17(16)20-6-8-22-10-14(20)9-13(2)24-19(20)18(15)23-12/h3-4,9-11,23H,5-8H2,1-2H3. The molecule has 0 aromatic carbocycles. The molecule has 4 heterocycles. The number of nitrogens with zero attached hydrogens (tertiary/aromatic N) is 3. The number of aliphatic imine (C=N–C) groups is 3. The van der Waals surface area contributed by atoms with E-state index in [0.717, 1.165) is 43.0 Å². The van der Waals surface area contributed by atoms with Crippen LogP contribution in [-0.4, -0.2) is 31.2 Å². The average Bonchev–Trinajstić information content (AvgIpc) is 2.60. The predicted molar refractivity (Wildman–Crippen MR) is 98.6 cm³/mol. The first-order valence-electron chi connectivity index (χ1n) is 8.62. The monoisotopic (exact) mass is 316 g/mol. The van der Waals surface area contributed by atoms with Crippen LogP contribution in [0.1, 0.15) is 26.7 Å². The van der Waals surface area contributed by atoms with Gasteiger partial charge in [0.25, 0.3) is 0 Å². The third-order valence-corrected chi connectivity index (χ3v) is 5.57. The van der Waals surface area contributed by atoms with Gasteiger partial charge in [0.15, 0.2) is 0 Å². The van der Waals surface area contributed by atoms with Crippen molar-refractivity contribution in [2.45, 2.75) is 26.7 Å². The van der Waals surface area contributed by atoms with Crippen LogP contribution in [0, 0.1) is 5.41 Å². The van der Waals surface area contributed by atoms with Crippen molar-refractivity contribution in [1.29, 1.82) is 0 Å². The van der Waals surface area contributed by atoms with Gasteiger partial charge < -0.3 is 5.32 Å². The highest BCUT2D eigenvalue weighted by Crippen LogP contribution is 2.57. The Morgan fingerprint density at radius 2 is 1.96 bits per heavy atom. The van der Waals surface area contributed by atoms with Gasteiger partial charge in [-0.25, -0.2) is 0 Å². The van der Waals surface area contributed by atoms with Gasteiger partial charge >= 0.3 is 0 Å². The van der Waals surface area contributed by atoms with E-state index in [-0.39, 0.29) is 5.41 Å². The van der Waals surface area contributed by atoms with Crippen LogP contribution in [0.4, 0.5) is 0 Å². The minimum Gasteiger partial charge on any atom is -0.357 e.